The van der Waals surface area contributed by atoms with Crippen molar-refractivity contribution < 1.29 is 19.1 Å². The maximum Gasteiger partial charge on any atom is 0.233 e. The molecule has 1 amide bonds. The van der Waals surface area contributed by atoms with Gasteiger partial charge in [0.1, 0.15) is 6.61 Å². The highest BCUT2D eigenvalue weighted by Crippen LogP contribution is 2.41. The Bertz CT molecular complexity index is 536. The van der Waals surface area contributed by atoms with E-state index in [9.17, 15) is 14.4 Å². The fraction of sp³-hybridized carbons (Fsp3) is 0.667. The molecule has 0 bridgehead atoms. The highest BCUT2D eigenvalue weighted by Gasteiger charge is 2.44. The molecule has 0 aromatic carbocycles. The third-order valence-corrected chi connectivity index (χ3v) is 5.68. The van der Waals surface area contributed by atoms with E-state index in [1.54, 1.807) is 16.7 Å². The number of rotatable bonds is 5. The van der Waals surface area contributed by atoms with E-state index in [0.717, 1.165) is 11.3 Å². The standard InChI is InChI=1S/C15H21NO4S2/c1-9(17)21-7-10-8-22-13-5-12(19)16(13)14(10)20-6-11(18)15(2,3)4/h13H,5-8H2,1-4H3/t13-/m0/s1. The van der Waals surface area contributed by atoms with Crippen LogP contribution in [0.15, 0.2) is 11.5 Å². The third-order valence-electron chi connectivity index (χ3n) is 3.50. The average molecular weight is 343 g/mol. The zero-order valence-electron chi connectivity index (χ0n) is 13.3. The van der Waals surface area contributed by atoms with Gasteiger partial charge in [-0.05, 0) is 0 Å². The molecule has 1 saturated heterocycles. The minimum absolute atomic E-state index is 0.0127. The molecular formula is C15H21NO4S2. The summed E-state index contributed by atoms with van der Waals surface area (Å²) in [6.07, 6.45) is 0.512. The van der Waals surface area contributed by atoms with Gasteiger partial charge in [0.2, 0.25) is 5.91 Å². The Labute approximate surface area is 139 Å². The van der Waals surface area contributed by atoms with Crippen molar-refractivity contribution in [3.63, 3.8) is 0 Å². The van der Waals surface area contributed by atoms with Crippen molar-refractivity contribution in [3.8, 4) is 0 Å². The molecule has 0 aromatic rings. The highest BCUT2D eigenvalue weighted by atomic mass is 32.2. The van der Waals surface area contributed by atoms with E-state index in [1.165, 1.54) is 18.7 Å². The quantitative estimate of drug-likeness (QED) is 0.714. The number of ketones is 1. The summed E-state index contributed by atoms with van der Waals surface area (Å²) in [6.45, 7) is 6.99. The molecule has 1 atom stereocenters. The average Bonchev–Trinajstić information content (AvgIpc) is 2.40. The van der Waals surface area contributed by atoms with Crippen LogP contribution in [0, 0.1) is 5.41 Å². The summed E-state index contributed by atoms with van der Waals surface area (Å²) in [5.41, 5.74) is 0.438. The van der Waals surface area contributed by atoms with Crippen molar-refractivity contribution in [1.82, 2.24) is 4.90 Å². The van der Waals surface area contributed by atoms with Crippen LogP contribution < -0.4 is 0 Å². The first-order valence-electron chi connectivity index (χ1n) is 7.15. The molecule has 2 rings (SSSR count). The lowest BCUT2D eigenvalue weighted by molar-refractivity contribution is -0.145. The molecule has 0 aromatic heterocycles. The van der Waals surface area contributed by atoms with Gasteiger partial charge in [-0.2, -0.15) is 0 Å². The summed E-state index contributed by atoms with van der Waals surface area (Å²) in [5.74, 6) is 1.72. The molecule has 0 spiro atoms. The molecule has 2 aliphatic heterocycles. The first kappa shape index (κ1) is 17.4. The van der Waals surface area contributed by atoms with E-state index >= 15 is 0 Å². The van der Waals surface area contributed by atoms with Gasteiger partial charge in [-0.25, -0.2) is 0 Å². The molecule has 0 aliphatic carbocycles. The van der Waals surface area contributed by atoms with Crippen LogP contribution >= 0.6 is 23.5 Å². The van der Waals surface area contributed by atoms with E-state index in [4.69, 9.17) is 4.74 Å². The third kappa shape index (κ3) is 3.87. The Morgan fingerprint density at radius 2 is 2.09 bits per heavy atom. The zero-order chi connectivity index (χ0) is 16.5. The molecule has 2 aliphatic rings. The smallest absolute Gasteiger partial charge is 0.233 e. The number of thioether (sulfide) groups is 2. The van der Waals surface area contributed by atoms with Crippen LogP contribution in [0.25, 0.3) is 0 Å². The number of hydrogen-bond donors (Lipinski definition) is 0. The van der Waals surface area contributed by atoms with Crippen molar-refractivity contribution >= 4 is 40.3 Å². The first-order chi connectivity index (χ1) is 10.2. The Hall–Kier alpha value is -0.950. The molecule has 122 valence electrons. The van der Waals surface area contributed by atoms with Crippen LogP contribution in [-0.4, -0.2) is 45.2 Å². The van der Waals surface area contributed by atoms with Gasteiger partial charge in [0, 0.05) is 29.4 Å². The normalized spacial score (nSPS) is 21.4. The second-order valence-corrected chi connectivity index (χ2v) is 8.70. The van der Waals surface area contributed by atoms with E-state index in [-0.39, 0.29) is 28.8 Å². The van der Waals surface area contributed by atoms with Crippen LogP contribution in [0.3, 0.4) is 0 Å². The largest absolute Gasteiger partial charge is 0.471 e. The van der Waals surface area contributed by atoms with Crippen LogP contribution in [0.2, 0.25) is 0 Å². The number of amides is 1. The van der Waals surface area contributed by atoms with E-state index in [2.05, 4.69) is 0 Å². The minimum Gasteiger partial charge on any atom is -0.471 e. The zero-order valence-corrected chi connectivity index (χ0v) is 14.9. The molecule has 0 saturated carbocycles. The number of carbonyl (C=O) groups is 3. The van der Waals surface area contributed by atoms with E-state index < -0.39 is 5.41 Å². The predicted molar refractivity (Wildman–Crippen MR) is 88.3 cm³/mol. The predicted octanol–water partition coefficient (Wildman–Crippen LogP) is 2.41. The van der Waals surface area contributed by atoms with Gasteiger partial charge in [0.15, 0.2) is 16.8 Å². The van der Waals surface area contributed by atoms with E-state index in [1.807, 2.05) is 20.8 Å². The molecule has 22 heavy (non-hydrogen) atoms. The fourth-order valence-corrected chi connectivity index (χ4v) is 3.98. The van der Waals surface area contributed by atoms with Crippen molar-refractivity contribution in [2.75, 3.05) is 18.1 Å². The maximum absolute atomic E-state index is 12.1. The van der Waals surface area contributed by atoms with Gasteiger partial charge < -0.3 is 4.74 Å². The van der Waals surface area contributed by atoms with Crippen molar-refractivity contribution in [1.29, 1.82) is 0 Å². The number of carbonyl (C=O) groups excluding carboxylic acids is 3. The number of Topliss-reactive ketones (excluding diaryl/α,β-unsaturated/α-hetero) is 1. The molecule has 0 radical (unpaired) electrons. The summed E-state index contributed by atoms with van der Waals surface area (Å²) >= 11 is 2.87. The Kier molecular flexibility index (Phi) is 5.27. The van der Waals surface area contributed by atoms with Gasteiger partial charge in [-0.3, -0.25) is 19.3 Å². The molecule has 0 unspecified atom stereocenters. The second kappa shape index (κ2) is 6.66. The van der Waals surface area contributed by atoms with Gasteiger partial charge >= 0.3 is 0 Å². The first-order valence-corrected chi connectivity index (χ1v) is 9.18. The summed E-state index contributed by atoms with van der Waals surface area (Å²) in [4.78, 5) is 36.7. The summed E-state index contributed by atoms with van der Waals surface area (Å²) in [7, 11) is 0. The molecule has 5 nitrogen and oxygen atoms in total. The van der Waals surface area contributed by atoms with Gasteiger partial charge in [-0.1, -0.05) is 32.5 Å². The lowest BCUT2D eigenvalue weighted by Crippen LogP contribution is -2.53. The Morgan fingerprint density at radius 1 is 1.41 bits per heavy atom. The van der Waals surface area contributed by atoms with Crippen molar-refractivity contribution in [2.24, 2.45) is 5.41 Å². The minimum atomic E-state index is -0.476. The lowest BCUT2D eigenvalue weighted by Gasteiger charge is -2.44. The molecule has 1 fully saturated rings. The molecular weight excluding hydrogens is 322 g/mol. The fourth-order valence-electron chi connectivity index (χ4n) is 2.01. The SMILES string of the molecule is CC(=O)SCC1=C(OCC(=O)C(C)(C)C)N2C(=O)C[C@@H]2SC1. The number of ether oxygens (including phenoxy) is 1. The van der Waals surface area contributed by atoms with Crippen LogP contribution in [0.4, 0.5) is 0 Å². The topological polar surface area (TPSA) is 63.7 Å². The molecule has 0 N–H and O–H groups in total. The van der Waals surface area contributed by atoms with Gasteiger partial charge in [0.05, 0.1) is 11.8 Å². The number of nitrogens with zero attached hydrogens (tertiary/aromatic N) is 1. The number of hydrogen-bond acceptors (Lipinski definition) is 6. The summed E-state index contributed by atoms with van der Waals surface area (Å²) in [5, 5.41) is 0.137. The summed E-state index contributed by atoms with van der Waals surface area (Å²) < 4.78 is 5.72. The molecule has 7 heteroatoms. The highest BCUT2D eigenvalue weighted by molar-refractivity contribution is 8.13. The second-order valence-electron chi connectivity index (χ2n) is 6.38. The van der Waals surface area contributed by atoms with Crippen LogP contribution in [0.5, 0.6) is 0 Å². The monoisotopic (exact) mass is 343 g/mol. The number of fused-ring (bicyclic) bond motifs is 1. The van der Waals surface area contributed by atoms with Crippen molar-refractivity contribution in [2.45, 2.75) is 39.5 Å². The maximum atomic E-state index is 12.1. The van der Waals surface area contributed by atoms with Crippen molar-refractivity contribution in [3.05, 3.63) is 11.5 Å². The van der Waals surface area contributed by atoms with Gasteiger partial charge in [-0.15, -0.1) is 11.8 Å². The van der Waals surface area contributed by atoms with Crippen LogP contribution in [-0.2, 0) is 19.1 Å². The Balaban J connectivity index is 2.13. The summed E-state index contributed by atoms with van der Waals surface area (Å²) in [6, 6.07) is 0. The van der Waals surface area contributed by atoms with Crippen LogP contribution in [0.1, 0.15) is 34.1 Å². The van der Waals surface area contributed by atoms with Gasteiger partial charge in [0.25, 0.3) is 0 Å². The number of β-lactam (4-membered cyclic amide) rings is 1. The lowest BCUT2D eigenvalue weighted by atomic mass is 9.91. The molecule has 2 heterocycles. The van der Waals surface area contributed by atoms with E-state index in [0.29, 0.717) is 18.1 Å². The Morgan fingerprint density at radius 3 is 2.64 bits per heavy atom.